The molecular formula is C12H21BrN2O3S. The van der Waals surface area contributed by atoms with Crippen LogP contribution >= 0.6 is 15.9 Å². The van der Waals surface area contributed by atoms with Crippen molar-refractivity contribution in [1.29, 1.82) is 0 Å². The van der Waals surface area contributed by atoms with Crippen LogP contribution in [-0.4, -0.2) is 22.0 Å². The van der Waals surface area contributed by atoms with Gasteiger partial charge in [0.1, 0.15) is 10.7 Å². The predicted octanol–water partition coefficient (Wildman–Crippen LogP) is 2.62. The Hall–Kier alpha value is -0.370. The maximum absolute atomic E-state index is 12.1. The predicted molar refractivity (Wildman–Crippen MR) is 78.5 cm³/mol. The lowest BCUT2D eigenvalue weighted by Gasteiger charge is -2.04. The summed E-state index contributed by atoms with van der Waals surface area (Å²) in [4.78, 5) is 0.160. The molecule has 0 saturated heterocycles. The van der Waals surface area contributed by atoms with Crippen molar-refractivity contribution >= 4 is 26.0 Å². The molecule has 0 unspecified atom stereocenters. The van der Waals surface area contributed by atoms with Gasteiger partial charge in [0.2, 0.25) is 10.0 Å². The van der Waals surface area contributed by atoms with Gasteiger partial charge in [-0.3, -0.25) is 0 Å². The summed E-state index contributed by atoms with van der Waals surface area (Å²) in [6, 6.07) is 1.54. The van der Waals surface area contributed by atoms with Gasteiger partial charge in [-0.2, -0.15) is 0 Å². The summed E-state index contributed by atoms with van der Waals surface area (Å²) in [7, 11) is -1.72. The molecule has 5 nitrogen and oxygen atoms in total. The van der Waals surface area contributed by atoms with Crippen LogP contribution in [0, 0.1) is 0 Å². The van der Waals surface area contributed by atoms with Crippen molar-refractivity contribution in [3.8, 4) is 0 Å². The topological polar surface area (TPSA) is 71.3 Å². The Labute approximate surface area is 123 Å². The molecule has 0 radical (unpaired) electrons. The molecule has 0 aliphatic carbocycles. The molecule has 0 atom stereocenters. The molecule has 1 heterocycles. The van der Waals surface area contributed by atoms with Crippen molar-refractivity contribution in [3.63, 3.8) is 0 Å². The van der Waals surface area contributed by atoms with Gasteiger partial charge in [-0.05, 0) is 29.4 Å². The highest BCUT2D eigenvalue weighted by Crippen LogP contribution is 2.25. The van der Waals surface area contributed by atoms with Gasteiger partial charge in [0.25, 0.3) is 0 Å². The number of hydrogen-bond donors (Lipinski definition) is 2. The maximum atomic E-state index is 12.1. The van der Waals surface area contributed by atoms with Crippen LogP contribution in [0.15, 0.2) is 20.0 Å². The van der Waals surface area contributed by atoms with Crippen LogP contribution in [0.5, 0.6) is 0 Å². The first kappa shape index (κ1) is 16.7. The molecule has 1 aromatic rings. The molecular weight excluding hydrogens is 332 g/mol. The zero-order valence-electron chi connectivity index (χ0n) is 11.3. The number of unbranched alkanes of at least 4 members (excludes halogenated alkanes) is 3. The van der Waals surface area contributed by atoms with Crippen molar-refractivity contribution in [3.05, 3.63) is 16.5 Å². The molecule has 1 rings (SSSR count). The van der Waals surface area contributed by atoms with Crippen molar-refractivity contribution in [2.24, 2.45) is 0 Å². The fourth-order valence-corrected chi connectivity index (χ4v) is 3.75. The summed E-state index contributed by atoms with van der Waals surface area (Å²) in [5, 5.41) is 2.91. The van der Waals surface area contributed by atoms with E-state index in [4.69, 9.17) is 4.42 Å². The Balaban J connectivity index is 2.61. The van der Waals surface area contributed by atoms with E-state index in [1.54, 1.807) is 7.05 Å². The fourth-order valence-electron chi connectivity index (χ4n) is 1.68. The zero-order chi connectivity index (χ0) is 14.3. The molecule has 0 saturated carbocycles. The van der Waals surface area contributed by atoms with Crippen LogP contribution in [0.2, 0.25) is 0 Å². The van der Waals surface area contributed by atoms with Gasteiger partial charge < -0.3 is 9.73 Å². The molecule has 0 aromatic carbocycles. The number of hydrogen-bond acceptors (Lipinski definition) is 4. The molecule has 0 aliphatic heterocycles. The Morgan fingerprint density at radius 2 is 2.05 bits per heavy atom. The molecule has 0 spiro atoms. The van der Waals surface area contributed by atoms with E-state index in [-0.39, 0.29) is 9.56 Å². The summed E-state index contributed by atoms with van der Waals surface area (Å²) >= 11 is 3.14. The third-order valence-electron chi connectivity index (χ3n) is 2.67. The smallest absolute Gasteiger partial charge is 0.244 e. The number of nitrogens with one attached hydrogen (secondary N) is 2. The van der Waals surface area contributed by atoms with Crippen LogP contribution in [0.3, 0.4) is 0 Å². The highest BCUT2D eigenvalue weighted by molar-refractivity contribution is 9.10. The van der Waals surface area contributed by atoms with Crippen LogP contribution in [0.4, 0.5) is 0 Å². The highest BCUT2D eigenvalue weighted by atomic mass is 79.9. The van der Waals surface area contributed by atoms with Crippen LogP contribution in [0.1, 0.15) is 38.4 Å². The van der Waals surface area contributed by atoms with E-state index in [1.807, 2.05) is 0 Å². The van der Waals surface area contributed by atoms with Crippen molar-refractivity contribution < 1.29 is 12.8 Å². The molecule has 19 heavy (non-hydrogen) atoms. The molecule has 7 heteroatoms. The van der Waals surface area contributed by atoms with E-state index in [0.29, 0.717) is 18.8 Å². The van der Waals surface area contributed by atoms with Gasteiger partial charge >= 0.3 is 0 Å². The third-order valence-corrected chi connectivity index (χ3v) is 4.99. The second-order valence-electron chi connectivity index (χ2n) is 4.34. The largest absolute Gasteiger partial charge is 0.452 e. The van der Waals surface area contributed by atoms with E-state index >= 15 is 0 Å². The summed E-state index contributed by atoms with van der Waals surface area (Å²) in [6.45, 7) is 3.07. The first-order valence-electron chi connectivity index (χ1n) is 6.43. The second-order valence-corrected chi connectivity index (χ2v) is 6.80. The summed E-state index contributed by atoms with van der Waals surface area (Å²) in [5.41, 5.74) is 0. The SMILES string of the molecule is CCCCCCNS(=O)(=O)c1cc(CNC)oc1Br. The Kier molecular flexibility index (Phi) is 7.06. The molecule has 2 N–H and O–H groups in total. The number of rotatable bonds is 9. The minimum atomic E-state index is -3.49. The second kappa shape index (κ2) is 8.04. The van der Waals surface area contributed by atoms with E-state index in [2.05, 4.69) is 32.9 Å². The molecule has 0 amide bonds. The van der Waals surface area contributed by atoms with Gasteiger partial charge in [0, 0.05) is 12.6 Å². The number of sulfonamides is 1. The Bertz CT molecular complexity index is 485. The summed E-state index contributed by atoms with van der Waals surface area (Å²) < 4.78 is 32.3. The zero-order valence-corrected chi connectivity index (χ0v) is 13.7. The first-order chi connectivity index (χ1) is 9.01. The van der Waals surface area contributed by atoms with Gasteiger partial charge in [-0.15, -0.1) is 0 Å². The van der Waals surface area contributed by atoms with Gasteiger partial charge in [0.05, 0.1) is 6.54 Å². The monoisotopic (exact) mass is 352 g/mol. The normalized spacial score (nSPS) is 11.9. The molecule has 1 aromatic heterocycles. The maximum Gasteiger partial charge on any atom is 0.244 e. The van der Waals surface area contributed by atoms with Crippen LogP contribution < -0.4 is 10.0 Å². The lowest BCUT2D eigenvalue weighted by atomic mass is 10.2. The van der Waals surface area contributed by atoms with Crippen LogP contribution in [-0.2, 0) is 16.6 Å². The van der Waals surface area contributed by atoms with E-state index in [0.717, 1.165) is 25.7 Å². The van der Waals surface area contributed by atoms with Gasteiger partial charge in [-0.25, -0.2) is 13.1 Å². The minimum absolute atomic E-state index is 0.160. The Morgan fingerprint density at radius 3 is 2.68 bits per heavy atom. The minimum Gasteiger partial charge on any atom is -0.452 e. The van der Waals surface area contributed by atoms with E-state index < -0.39 is 10.0 Å². The average Bonchev–Trinajstić information content (AvgIpc) is 2.71. The molecule has 0 aliphatic rings. The quantitative estimate of drug-likeness (QED) is 0.670. The van der Waals surface area contributed by atoms with Crippen molar-refractivity contribution in [2.75, 3.05) is 13.6 Å². The standard InChI is InChI=1S/C12H21BrN2O3S/c1-3-4-5-6-7-15-19(16,17)11-8-10(9-14-2)18-12(11)13/h8,14-15H,3-7,9H2,1-2H3. The van der Waals surface area contributed by atoms with E-state index in [9.17, 15) is 8.42 Å². The van der Waals surface area contributed by atoms with Crippen LogP contribution in [0.25, 0.3) is 0 Å². The van der Waals surface area contributed by atoms with Crippen molar-refractivity contribution in [1.82, 2.24) is 10.0 Å². The average molecular weight is 353 g/mol. The number of furan rings is 1. The highest BCUT2D eigenvalue weighted by Gasteiger charge is 2.21. The number of halogens is 1. The van der Waals surface area contributed by atoms with Gasteiger partial charge in [-0.1, -0.05) is 26.2 Å². The van der Waals surface area contributed by atoms with Crippen molar-refractivity contribution in [2.45, 2.75) is 44.0 Å². The summed E-state index contributed by atoms with van der Waals surface area (Å²) in [5.74, 6) is 0.584. The van der Waals surface area contributed by atoms with E-state index in [1.165, 1.54) is 6.07 Å². The van der Waals surface area contributed by atoms with Gasteiger partial charge in [0.15, 0.2) is 4.67 Å². The third kappa shape index (κ3) is 5.25. The molecule has 0 bridgehead atoms. The Morgan fingerprint density at radius 1 is 1.32 bits per heavy atom. The summed E-state index contributed by atoms with van der Waals surface area (Å²) in [6.07, 6.45) is 4.15. The lowest BCUT2D eigenvalue weighted by molar-refractivity contribution is 0.470. The molecule has 110 valence electrons. The lowest BCUT2D eigenvalue weighted by Crippen LogP contribution is -2.24. The molecule has 0 fully saturated rings. The first-order valence-corrected chi connectivity index (χ1v) is 8.71. The fraction of sp³-hybridized carbons (Fsp3) is 0.667.